The fourth-order valence-corrected chi connectivity index (χ4v) is 2.58. The predicted molar refractivity (Wildman–Crippen MR) is 67.5 cm³/mol. The minimum atomic E-state index is -0.127. The average Bonchev–Trinajstić information content (AvgIpc) is 2.47. The number of urea groups is 1. The van der Waals surface area contributed by atoms with Crippen LogP contribution in [0.25, 0.3) is 0 Å². The fraction of sp³-hybridized carbons (Fsp3) is 0.727. The van der Waals surface area contributed by atoms with Crippen molar-refractivity contribution in [2.75, 3.05) is 34.2 Å². The molecule has 2 aliphatic heterocycles. The minimum absolute atomic E-state index is 0.127. The summed E-state index contributed by atoms with van der Waals surface area (Å²) in [6.07, 6.45) is 2.14. The van der Waals surface area contributed by atoms with Gasteiger partial charge in [0.15, 0.2) is 0 Å². The van der Waals surface area contributed by atoms with E-state index < -0.39 is 0 Å². The lowest BCUT2D eigenvalue weighted by Gasteiger charge is -2.22. The van der Waals surface area contributed by atoms with Crippen LogP contribution in [0.2, 0.25) is 0 Å². The van der Waals surface area contributed by atoms with Crippen molar-refractivity contribution in [1.82, 2.24) is 20.2 Å². The van der Waals surface area contributed by atoms with Gasteiger partial charge in [-0.2, -0.15) is 0 Å². The number of carbonyl (C=O) groups excluding carboxylic acids is 1. The number of rotatable bonds is 0. The number of hydrogen-bond donors (Lipinski definition) is 1. The van der Waals surface area contributed by atoms with E-state index in [-0.39, 0.29) is 12.1 Å². The Hall–Kier alpha value is -0.780. The largest absolute Gasteiger partial charge is 0.339 e. The first-order valence-electron chi connectivity index (χ1n) is 5.85. The molecule has 2 heterocycles. The van der Waals surface area contributed by atoms with Crippen molar-refractivity contribution >= 4 is 17.6 Å². The normalized spacial score (nSPS) is 25.9. The molecule has 0 bridgehead atoms. The van der Waals surface area contributed by atoms with Gasteiger partial charge in [-0.3, -0.25) is 0 Å². The molecule has 2 amide bonds. The minimum Gasteiger partial charge on any atom is -0.329 e. The molecule has 2 rings (SSSR count). The Kier molecular flexibility index (Phi) is 3.61. The Morgan fingerprint density at radius 1 is 1.53 bits per heavy atom. The van der Waals surface area contributed by atoms with Crippen molar-refractivity contribution < 1.29 is 4.79 Å². The lowest BCUT2D eigenvalue weighted by Crippen LogP contribution is -2.45. The fourth-order valence-electron chi connectivity index (χ4n) is 2.27. The van der Waals surface area contributed by atoms with E-state index in [4.69, 9.17) is 11.6 Å². The zero-order chi connectivity index (χ0) is 12.6. The number of likely N-dealkylation sites (N-methyl/N-ethyl adjacent to an activating group) is 1. The molecule has 0 aromatic carbocycles. The van der Waals surface area contributed by atoms with Gasteiger partial charge in [-0.15, -0.1) is 0 Å². The van der Waals surface area contributed by atoms with Crippen LogP contribution in [0, 0.1) is 0 Å². The predicted octanol–water partition coefficient (Wildman–Crippen LogP) is 1.03. The van der Waals surface area contributed by atoms with Crippen LogP contribution in [0.4, 0.5) is 4.79 Å². The number of hydrazine groups is 1. The van der Waals surface area contributed by atoms with Crippen LogP contribution < -0.4 is 5.43 Å². The average molecular weight is 259 g/mol. The topological polar surface area (TPSA) is 38.8 Å². The molecule has 0 aromatic heterocycles. The van der Waals surface area contributed by atoms with Crippen molar-refractivity contribution in [2.24, 2.45) is 0 Å². The third-order valence-corrected chi connectivity index (χ3v) is 3.63. The lowest BCUT2D eigenvalue weighted by atomic mass is 10.1. The van der Waals surface area contributed by atoms with Crippen LogP contribution >= 0.6 is 11.6 Å². The molecule has 0 aromatic rings. The summed E-state index contributed by atoms with van der Waals surface area (Å²) >= 11 is 6.30. The highest BCUT2D eigenvalue weighted by atomic mass is 35.5. The van der Waals surface area contributed by atoms with Gasteiger partial charge in [0.2, 0.25) is 0 Å². The lowest BCUT2D eigenvalue weighted by molar-refractivity contribution is 0.169. The van der Waals surface area contributed by atoms with Crippen LogP contribution in [0.15, 0.2) is 10.7 Å². The molecule has 17 heavy (non-hydrogen) atoms. The molecular weight excluding hydrogens is 240 g/mol. The second kappa shape index (κ2) is 4.84. The summed E-state index contributed by atoms with van der Waals surface area (Å²) < 4.78 is 0. The highest BCUT2D eigenvalue weighted by Crippen LogP contribution is 2.29. The second-order valence-corrected chi connectivity index (χ2v) is 5.25. The Morgan fingerprint density at radius 3 is 2.88 bits per heavy atom. The second-order valence-electron chi connectivity index (χ2n) is 4.89. The molecule has 0 radical (unpaired) electrons. The van der Waals surface area contributed by atoms with E-state index in [0.29, 0.717) is 5.16 Å². The molecule has 0 saturated carbocycles. The maximum atomic E-state index is 11.9. The Bertz CT molecular complexity index is 355. The summed E-state index contributed by atoms with van der Waals surface area (Å²) in [5.74, 6) is 0. The standard InChI is InChI=1S/C11H19ClN4O/c1-14(2)11(17)16-10(12)8-7-15(3)6-4-5-9(8)13-16/h9,13H,4-7H2,1-3H3. The number of likely N-dealkylation sites (tertiary alicyclic amines) is 1. The van der Waals surface area contributed by atoms with Gasteiger partial charge in [0, 0.05) is 20.6 Å². The van der Waals surface area contributed by atoms with Gasteiger partial charge in [-0.25, -0.2) is 15.2 Å². The molecule has 1 fully saturated rings. The molecule has 6 heteroatoms. The quantitative estimate of drug-likeness (QED) is 0.660. The summed E-state index contributed by atoms with van der Waals surface area (Å²) in [5.41, 5.74) is 4.32. The number of nitrogens with one attached hydrogen (secondary N) is 1. The van der Waals surface area contributed by atoms with Gasteiger partial charge in [-0.05, 0) is 32.0 Å². The highest BCUT2D eigenvalue weighted by Gasteiger charge is 2.35. The van der Waals surface area contributed by atoms with Gasteiger partial charge in [0.1, 0.15) is 5.16 Å². The summed E-state index contributed by atoms with van der Waals surface area (Å²) in [4.78, 5) is 15.7. The van der Waals surface area contributed by atoms with E-state index in [1.165, 1.54) is 9.91 Å². The maximum absolute atomic E-state index is 11.9. The first-order chi connectivity index (χ1) is 8.00. The van der Waals surface area contributed by atoms with E-state index in [2.05, 4.69) is 17.4 Å². The Balaban J connectivity index is 2.21. The van der Waals surface area contributed by atoms with E-state index >= 15 is 0 Å². The smallest absolute Gasteiger partial charge is 0.329 e. The number of fused-ring (bicyclic) bond motifs is 1. The van der Waals surface area contributed by atoms with Crippen LogP contribution in [0.5, 0.6) is 0 Å². The van der Waals surface area contributed by atoms with Crippen molar-refractivity contribution in [1.29, 1.82) is 0 Å². The molecule has 96 valence electrons. The van der Waals surface area contributed by atoms with E-state index in [1.54, 1.807) is 14.1 Å². The van der Waals surface area contributed by atoms with E-state index in [1.807, 2.05) is 0 Å². The van der Waals surface area contributed by atoms with Crippen molar-refractivity contribution in [2.45, 2.75) is 18.9 Å². The van der Waals surface area contributed by atoms with Gasteiger partial charge < -0.3 is 9.80 Å². The van der Waals surface area contributed by atoms with Gasteiger partial charge in [0.25, 0.3) is 0 Å². The van der Waals surface area contributed by atoms with Crippen molar-refractivity contribution in [3.05, 3.63) is 10.7 Å². The molecule has 0 aliphatic carbocycles. The number of nitrogens with zero attached hydrogens (tertiary/aromatic N) is 3. The number of amides is 2. The van der Waals surface area contributed by atoms with Crippen LogP contribution in [0.3, 0.4) is 0 Å². The first-order valence-corrected chi connectivity index (χ1v) is 6.23. The van der Waals surface area contributed by atoms with Crippen molar-refractivity contribution in [3.63, 3.8) is 0 Å². The van der Waals surface area contributed by atoms with Crippen molar-refractivity contribution in [3.8, 4) is 0 Å². The van der Waals surface area contributed by atoms with Gasteiger partial charge >= 0.3 is 6.03 Å². The summed E-state index contributed by atoms with van der Waals surface area (Å²) in [6, 6.07) is 0.0783. The van der Waals surface area contributed by atoms with E-state index in [9.17, 15) is 4.79 Å². The Morgan fingerprint density at radius 2 is 2.24 bits per heavy atom. The molecule has 2 aliphatic rings. The summed E-state index contributed by atoms with van der Waals surface area (Å²) in [5, 5.41) is 2.00. The zero-order valence-electron chi connectivity index (χ0n) is 10.5. The molecule has 5 nitrogen and oxygen atoms in total. The molecule has 0 spiro atoms. The highest BCUT2D eigenvalue weighted by molar-refractivity contribution is 6.30. The zero-order valence-corrected chi connectivity index (χ0v) is 11.3. The van der Waals surface area contributed by atoms with Gasteiger partial charge in [-0.1, -0.05) is 11.6 Å². The third kappa shape index (κ3) is 2.41. The summed E-state index contributed by atoms with van der Waals surface area (Å²) in [6.45, 7) is 1.90. The number of halogens is 1. The summed E-state index contributed by atoms with van der Waals surface area (Å²) in [7, 11) is 5.52. The first kappa shape index (κ1) is 12.7. The monoisotopic (exact) mass is 258 g/mol. The molecule has 1 unspecified atom stereocenters. The van der Waals surface area contributed by atoms with Gasteiger partial charge in [0.05, 0.1) is 6.04 Å². The number of carbonyl (C=O) groups is 1. The maximum Gasteiger partial charge on any atom is 0.339 e. The molecule has 1 atom stereocenters. The van der Waals surface area contributed by atoms with Crippen LogP contribution in [0.1, 0.15) is 12.8 Å². The SMILES string of the molecule is CN1CCCC2NN(C(=O)N(C)C)C(Cl)=C2C1. The van der Waals surface area contributed by atoms with Crippen LogP contribution in [-0.4, -0.2) is 61.1 Å². The molecule has 1 N–H and O–H groups in total. The molecule has 1 saturated heterocycles. The van der Waals surface area contributed by atoms with Crippen LogP contribution in [-0.2, 0) is 0 Å². The molecular formula is C11H19ClN4O. The van der Waals surface area contributed by atoms with E-state index in [0.717, 1.165) is 31.5 Å². The Labute approximate surface area is 107 Å². The third-order valence-electron chi connectivity index (χ3n) is 3.21. The number of hydrogen-bond acceptors (Lipinski definition) is 3.